The van der Waals surface area contributed by atoms with E-state index in [1.165, 1.54) is 15.3 Å². The zero-order valence-corrected chi connectivity index (χ0v) is 13.7. The summed E-state index contributed by atoms with van der Waals surface area (Å²) in [6.45, 7) is 2.08. The Morgan fingerprint density at radius 1 is 1.39 bits per heavy atom. The molecule has 1 aliphatic heterocycles. The van der Waals surface area contributed by atoms with Crippen LogP contribution in [0.2, 0.25) is 0 Å². The van der Waals surface area contributed by atoms with E-state index in [2.05, 4.69) is 35.2 Å². The van der Waals surface area contributed by atoms with Crippen LogP contribution in [0.25, 0.3) is 10.9 Å². The van der Waals surface area contributed by atoms with Gasteiger partial charge in [0.15, 0.2) is 0 Å². The number of aromatic nitrogens is 1. The lowest BCUT2D eigenvalue weighted by atomic mass is 10.0. The monoisotopic (exact) mass is 321 g/mol. The average Bonchev–Trinajstić information content (AvgIpc) is 3.13. The Bertz CT molecular complexity index is 942. The standard InChI is InChI=1S/C18H16N4S/c1-22-7-6-14-15(8-19)18(23-17(14)11-22)21-10-12-9-20-16-5-3-2-4-13(12)16/h2-5,9-10,20H,6-7,11H2,1H3/p+1/b21-10+. The van der Waals surface area contributed by atoms with Gasteiger partial charge in [0.25, 0.3) is 0 Å². The van der Waals surface area contributed by atoms with E-state index in [0.29, 0.717) is 0 Å². The lowest BCUT2D eigenvalue weighted by Crippen LogP contribution is -3.08. The number of para-hydroxylation sites is 1. The second-order valence-corrected chi connectivity index (χ2v) is 7.06. The van der Waals surface area contributed by atoms with E-state index in [1.807, 2.05) is 24.5 Å². The maximum absolute atomic E-state index is 9.53. The van der Waals surface area contributed by atoms with Gasteiger partial charge in [-0.05, 0) is 11.6 Å². The van der Waals surface area contributed by atoms with Crippen LogP contribution in [0.4, 0.5) is 5.00 Å². The van der Waals surface area contributed by atoms with Gasteiger partial charge in [-0.2, -0.15) is 5.26 Å². The highest BCUT2D eigenvalue weighted by Crippen LogP contribution is 2.36. The molecule has 1 aromatic carbocycles. The minimum atomic E-state index is 0.772. The van der Waals surface area contributed by atoms with Gasteiger partial charge in [0.1, 0.15) is 17.6 Å². The Balaban J connectivity index is 1.73. The summed E-state index contributed by atoms with van der Waals surface area (Å²) in [5.41, 5.74) is 4.14. The van der Waals surface area contributed by atoms with Crippen LogP contribution in [0.3, 0.4) is 0 Å². The van der Waals surface area contributed by atoms with Crippen molar-refractivity contribution >= 4 is 33.5 Å². The molecule has 3 heterocycles. The molecule has 0 saturated heterocycles. The number of nitrogens with zero attached hydrogens (tertiary/aromatic N) is 2. The number of hydrogen-bond donors (Lipinski definition) is 2. The number of nitriles is 1. The fourth-order valence-corrected chi connectivity index (χ4v) is 4.40. The number of likely N-dealkylation sites (N-methyl/N-ethyl adjacent to an activating group) is 1. The Kier molecular flexibility index (Phi) is 3.49. The van der Waals surface area contributed by atoms with E-state index in [4.69, 9.17) is 0 Å². The van der Waals surface area contributed by atoms with Crippen molar-refractivity contribution in [3.05, 3.63) is 52.0 Å². The number of rotatable bonds is 2. The summed E-state index contributed by atoms with van der Waals surface area (Å²) in [6.07, 6.45) is 4.81. The molecule has 114 valence electrons. The molecule has 0 spiro atoms. The Labute approximate surface area is 138 Å². The number of H-pyrrole nitrogens is 1. The molecule has 1 atom stereocenters. The average molecular weight is 321 g/mol. The molecule has 5 heteroatoms. The SMILES string of the molecule is C[NH+]1CCc2c(sc(/N=C/c3c[nH]c4ccccc34)c2C#N)C1. The van der Waals surface area contributed by atoms with Crippen molar-refractivity contribution in [3.8, 4) is 6.07 Å². The van der Waals surface area contributed by atoms with Gasteiger partial charge in [0.05, 0.1) is 24.0 Å². The van der Waals surface area contributed by atoms with Crippen LogP contribution in [0.15, 0.2) is 35.5 Å². The van der Waals surface area contributed by atoms with Gasteiger partial charge in [0.2, 0.25) is 0 Å². The predicted octanol–water partition coefficient (Wildman–Crippen LogP) is 2.42. The van der Waals surface area contributed by atoms with Gasteiger partial charge in [-0.1, -0.05) is 18.2 Å². The number of benzene rings is 1. The van der Waals surface area contributed by atoms with E-state index >= 15 is 0 Å². The zero-order valence-electron chi connectivity index (χ0n) is 12.9. The Morgan fingerprint density at radius 2 is 2.26 bits per heavy atom. The molecule has 0 aliphatic carbocycles. The summed E-state index contributed by atoms with van der Waals surface area (Å²) >= 11 is 1.67. The molecule has 3 aromatic rings. The Morgan fingerprint density at radius 3 is 3.13 bits per heavy atom. The highest BCUT2D eigenvalue weighted by Gasteiger charge is 2.24. The summed E-state index contributed by atoms with van der Waals surface area (Å²) in [7, 11) is 2.20. The van der Waals surface area contributed by atoms with Crippen molar-refractivity contribution in [1.29, 1.82) is 5.26 Å². The first-order valence-corrected chi connectivity index (χ1v) is 8.54. The minimum Gasteiger partial charge on any atom is -0.361 e. The molecule has 0 saturated carbocycles. The lowest BCUT2D eigenvalue weighted by molar-refractivity contribution is -0.895. The maximum atomic E-state index is 9.53. The minimum absolute atomic E-state index is 0.772. The molecule has 1 unspecified atom stereocenters. The Hall–Kier alpha value is -2.42. The normalized spacial score (nSPS) is 17.5. The number of hydrogen-bond acceptors (Lipinski definition) is 3. The first-order valence-electron chi connectivity index (χ1n) is 7.72. The van der Waals surface area contributed by atoms with Crippen molar-refractivity contribution in [3.63, 3.8) is 0 Å². The summed E-state index contributed by atoms with van der Waals surface area (Å²) in [5, 5.41) is 11.5. The first-order chi connectivity index (χ1) is 11.3. The lowest BCUT2D eigenvalue weighted by Gasteiger charge is -2.18. The maximum Gasteiger partial charge on any atom is 0.134 e. The summed E-state index contributed by atoms with van der Waals surface area (Å²) in [5.74, 6) is 0. The van der Waals surface area contributed by atoms with Crippen LogP contribution < -0.4 is 4.90 Å². The topological polar surface area (TPSA) is 56.4 Å². The number of aromatic amines is 1. The smallest absolute Gasteiger partial charge is 0.134 e. The predicted molar refractivity (Wildman–Crippen MR) is 93.7 cm³/mol. The van der Waals surface area contributed by atoms with Crippen LogP contribution in [-0.2, 0) is 13.0 Å². The third-order valence-corrected chi connectivity index (χ3v) is 5.53. The number of fused-ring (bicyclic) bond motifs is 2. The first kappa shape index (κ1) is 14.2. The third-order valence-electron chi connectivity index (χ3n) is 4.39. The largest absolute Gasteiger partial charge is 0.361 e. The number of thiophene rings is 1. The van der Waals surface area contributed by atoms with Gasteiger partial charge in [-0.15, -0.1) is 11.3 Å². The van der Waals surface area contributed by atoms with Crippen LogP contribution in [0.1, 0.15) is 21.6 Å². The zero-order chi connectivity index (χ0) is 15.8. The van der Waals surface area contributed by atoms with Crippen molar-refractivity contribution in [2.24, 2.45) is 4.99 Å². The highest BCUT2D eigenvalue weighted by molar-refractivity contribution is 7.16. The fraction of sp³-hybridized carbons (Fsp3) is 0.222. The molecule has 23 heavy (non-hydrogen) atoms. The fourth-order valence-electron chi connectivity index (χ4n) is 3.14. The quantitative estimate of drug-likeness (QED) is 0.700. The summed E-state index contributed by atoms with van der Waals surface area (Å²) in [4.78, 5) is 10.7. The van der Waals surface area contributed by atoms with Gasteiger partial charge in [-0.3, -0.25) is 0 Å². The number of quaternary nitrogens is 1. The molecule has 1 aliphatic rings. The molecule has 0 radical (unpaired) electrons. The second kappa shape index (κ2) is 5.65. The van der Waals surface area contributed by atoms with Gasteiger partial charge < -0.3 is 9.88 Å². The summed E-state index contributed by atoms with van der Waals surface area (Å²) in [6, 6.07) is 10.5. The van der Waals surface area contributed by atoms with Gasteiger partial charge >= 0.3 is 0 Å². The van der Waals surface area contributed by atoms with Crippen molar-refractivity contribution in [2.75, 3.05) is 13.6 Å². The number of aliphatic imine (C=N–C) groups is 1. The van der Waals surface area contributed by atoms with Crippen molar-refractivity contribution in [2.45, 2.75) is 13.0 Å². The molecular formula is C18H17N4S+. The van der Waals surface area contributed by atoms with Crippen molar-refractivity contribution < 1.29 is 4.90 Å². The van der Waals surface area contributed by atoms with Crippen LogP contribution in [0.5, 0.6) is 0 Å². The van der Waals surface area contributed by atoms with E-state index in [-0.39, 0.29) is 0 Å². The van der Waals surface area contributed by atoms with Gasteiger partial charge in [0, 0.05) is 35.3 Å². The molecule has 4 nitrogen and oxygen atoms in total. The van der Waals surface area contributed by atoms with Crippen molar-refractivity contribution in [1.82, 2.24) is 4.98 Å². The van der Waals surface area contributed by atoms with Crippen LogP contribution in [-0.4, -0.2) is 24.8 Å². The van der Waals surface area contributed by atoms with E-state index in [1.54, 1.807) is 11.3 Å². The van der Waals surface area contributed by atoms with E-state index in [9.17, 15) is 5.26 Å². The molecule has 2 N–H and O–H groups in total. The van der Waals surface area contributed by atoms with Crippen LogP contribution >= 0.6 is 11.3 Å². The molecule has 4 rings (SSSR count). The second-order valence-electron chi connectivity index (χ2n) is 5.98. The third kappa shape index (κ3) is 2.46. The van der Waals surface area contributed by atoms with E-state index in [0.717, 1.165) is 46.5 Å². The van der Waals surface area contributed by atoms with E-state index < -0.39 is 0 Å². The summed E-state index contributed by atoms with van der Waals surface area (Å²) < 4.78 is 0. The molecule has 0 amide bonds. The molecule has 2 aromatic heterocycles. The molecular weight excluding hydrogens is 304 g/mol. The van der Waals surface area contributed by atoms with Crippen LogP contribution in [0, 0.1) is 11.3 Å². The number of nitrogens with one attached hydrogen (secondary N) is 2. The van der Waals surface area contributed by atoms with Gasteiger partial charge in [-0.25, -0.2) is 4.99 Å². The molecule has 0 bridgehead atoms. The molecule has 0 fully saturated rings. The highest BCUT2D eigenvalue weighted by atomic mass is 32.1.